The second kappa shape index (κ2) is 7.94. The summed E-state index contributed by atoms with van der Waals surface area (Å²) in [6, 6.07) is 7.08. The molecular weight excluding hydrogens is 298 g/mol. The summed E-state index contributed by atoms with van der Waals surface area (Å²) in [5.41, 5.74) is 5.91. The van der Waals surface area contributed by atoms with Crippen molar-refractivity contribution >= 4 is 17.5 Å². The first-order valence-electron chi connectivity index (χ1n) is 7.65. The molecule has 0 atom stereocenters. The number of hydrogen-bond acceptors (Lipinski definition) is 5. The molecule has 0 bridgehead atoms. The molecule has 1 heterocycles. The Kier molecular flexibility index (Phi) is 5.95. The van der Waals surface area contributed by atoms with Gasteiger partial charge in [0.05, 0.1) is 12.1 Å². The average Bonchev–Trinajstić information content (AvgIpc) is 2.52. The van der Waals surface area contributed by atoms with E-state index in [4.69, 9.17) is 15.2 Å². The number of nitrogens with two attached hydrogens (primary N) is 1. The van der Waals surface area contributed by atoms with Gasteiger partial charge in [-0.1, -0.05) is 6.07 Å². The van der Waals surface area contributed by atoms with Gasteiger partial charge in [0.25, 0.3) is 0 Å². The van der Waals surface area contributed by atoms with Crippen molar-refractivity contribution in [3.05, 3.63) is 24.3 Å². The van der Waals surface area contributed by atoms with Crippen molar-refractivity contribution < 1.29 is 19.1 Å². The third-order valence-corrected chi connectivity index (χ3v) is 3.65. The molecule has 1 aliphatic rings. The van der Waals surface area contributed by atoms with Crippen LogP contribution in [0, 0.1) is 0 Å². The first-order chi connectivity index (χ1) is 11.0. The van der Waals surface area contributed by atoms with Crippen LogP contribution in [-0.4, -0.2) is 43.7 Å². The van der Waals surface area contributed by atoms with Crippen LogP contribution in [0.4, 0.5) is 5.69 Å². The number of amides is 2. The predicted octanol–water partition coefficient (Wildman–Crippen LogP) is 0.648. The van der Waals surface area contributed by atoms with E-state index in [0.717, 1.165) is 0 Å². The molecule has 1 saturated heterocycles. The Hall–Kier alpha value is -2.12. The van der Waals surface area contributed by atoms with Gasteiger partial charge in [-0.25, -0.2) is 0 Å². The molecule has 1 fully saturated rings. The molecule has 4 N–H and O–H groups in total. The largest absolute Gasteiger partial charge is 0.492 e. The van der Waals surface area contributed by atoms with Crippen molar-refractivity contribution in [3.63, 3.8) is 0 Å². The molecule has 0 saturated carbocycles. The smallest absolute Gasteiger partial charge is 0.240 e. The minimum absolute atomic E-state index is 0.140. The van der Waals surface area contributed by atoms with Crippen LogP contribution in [0.1, 0.15) is 19.8 Å². The van der Waals surface area contributed by atoms with E-state index >= 15 is 0 Å². The summed E-state index contributed by atoms with van der Waals surface area (Å²) in [6.07, 6.45) is 1.05. The van der Waals surface area contributed by atoms with Gasteiger partial charge in [0, 0.05) is 31.9 Å². The normalized spacial score (nSPS) is 16.4. The van der Waals surface area contributed by atoms with Crippen LogP contribution in [-0.2, 0) is 14.3 Å². The Morgan fingerprint density at radius 2 is 2.09 bits per heavy atom. The lowest BCUT2D eigenvalue weighted by Crippen LogP contribution is -2.57. The number of anilines is 1. The number of hydrogen-bond donors (Lipinski definition) is 3. The summed E-state index contributed by atoms with van der Waals surface area (Å²) in [4.78, 5) is 23.1. The first kappa shape index (κ1) is 17.2. The van der Waals surface area contributed by atoms with Crippen molar-refractivity contribution in [2.75, 3.05) is 31.7 Å². The van der Waals surface area contributed by atoms with Gasteiger partial charge in [0.1, 0.15) is 12.4 Å². The van der Waals surface area contributed by atoms with E-state index in [1.165, 1.54) is 6.92 Å². The molecule has 1 aliphatic heterocycles. The monoisotopic (exact) mass is 321 g/mol. The lowest BCUT2D eigenvalue weighted by Gasteiger charge is -2.31. The number of carbonyl (C=O) groups excluding carboxylic acids is 2. The molecule has 0 radical (unpaired) electrons. The topological polar surface area (TPSA) is 103 Å². The van der Waals surface area contributed by atoms with E-state index in [-0.39, 0.29) is 11.8 Å². The van der Waals surface area contributed by atoms with Crippen LogP contribution < -0.4 is 21.1 Å². The number of benzene rings is 1. The van der Waals surface area contributed by atoms with Gasteiger partial charge < -0.3 is 25.8 Å². The van der Waals surface area contributed by atoms with E-state index < -0.39 is 5.54 Å². The molecule has 1 aromatic rings. The molecule has 23 heavy (non-hydrogen) atoms. The Labute approximate surface area is 135 Å². The molecular formula is C16H23N3O4. The molecule has 0 unspecified atom stereocenters. The lowest BCUT2D eigenvalue weighted by molar-refractivity contribution is -0.129. The molecule has 1 aromatic carbocycles. The molecule has 2 amide bonds. The zero-order valence-corrected chi connectivity index (χ0v) is 13.3. The minimum atomic E-state index is -0.844. The highest BCUT2D eigenvalue weighted by molar-refractivity contribution is 5.88. The molecule has 126 valence electrons. The van der Waals surface area contributed by atoms with Gasteiger partial charge in [-0.3, -0.25) is 9.59 Å². The highest BCUT2D eigenvalue weighted by Crippen LogP contribution is 2.18. The summed E-state index contributed by atoms with van der Waals surface area (Å²) in [7, 11) is 0. The minimum Gasteiger partial charge on any atom is -0.492 e. The van der Waals surface area contributed by atoms with Gasteiger partial charge in [-0.15, -0.1) is 0 Å². The SMILES string of the molecule is CC(=O)Nc1cccc(OCCNC(=O)C2(N)CCOCC2)c1. The summed E-state index contributed by atoms with van der Waals surface area (Å²) in [5, 5.41) is 5.48. The van der Waals surface area contributed by atoms with Crippen molar-refractivity contribution in [1.82, 2.24) is 5.32 Å². The highest BCUT2D eigenvalue weighted by Gasteiger charge is 2.35. The fourth-order valence-corrected chi connectivity index (χ4v) is 2.34. The first-order valence-corrected chi connectivity index (χ1v) is 7.65. The van der Waals surface area contributed by atoms with Crippen LogP contribution >= 0.6 is 0 Å². The Morgan fingerprint density at radius 1 is 1.35 bits per heavy atom. The van der Waals surface area contributed by atoms with Gasteiger partial charge in [0.2, 0.25) is 11.8 Å². The van der Waals surface area contributed by atoms with Crippen LogP contribution in [0.2, 0.25) is 0 Å². The van der Waals surface area contributed by atoms with Crippen LogP contribution in [0.3, 0.4) is 0 Å². The van der Waals surface area contributed by atoms with Gasteiger partial charge in [-0.2, -0.15) is 0 Å². The summed E-state index contributed by atoms with van der Waals surface area (Å²) in [5.74, 6) is 0.314. The maximum Gasteiger partial charge on any atom is 0.240 e. The third-order valence-electron chi connectivity index (χ3n) is 3.65. The van der Waals surface area contributed by atoms with Crippen molar-refractivity contribution in [1.29, 1.82) is 0 Å². The standard InChI is InChI=1S/C16H23N3O4/c1-12(20)19-13-3-2-4-14(11-13)23-10-7-18-15(21)16(17)5-8-22-9-6-16/h2-4,11H,5-10,17H2,1H3,(H,18,21)(H,19,20). The van der Waals surface area contributed by atoms with Crippen LogP contribution in [0.5, 0.6) is 5.75 Å². The molecule has 0 spiro atoms. The second-order valence-corrected chi connectivity index (χ2v) is 5.58. The fraction of sp³-hybridized carbons (Fsp3) is 0.500. The van der Waals surface area contributed by atoms with E-state index in [0.29, 0.717) is 50.6 Å². The maximum atomic E-state index is 12.1. The van der Waals surface area contributed by atoms with Crippen LogP contribution in [0.15, 0.2) is 24.3 Å². The Bertz CT molecular complexity index is 556. The molecule has 7 nitrogen and oxygen atoms in total. The number of nitrogens with one attached hydrogen (secondary N) is 2. The highest BCUT2D eigenvalue weighted by atomic mass is 16.5. The van der Waals surface area contributed by atoms with Crippen molar-refractivity contribution in [2.24, 2.45) is 5.73 Å². The van der Waals surface area contributed by atoms with E-state index in [1.54, 1.807) is 24.3 Å². The number of ether oxygens (including phenoxy) is 2. The maximum absolute atomic E-state index is 12.1. The second-order valence-electron chi connectivity index (χ2n) is 5.58. The Morgan fingerprint density at radius 3 is 2.78 bits per heavy atom. The predicted molar refractivity (Wildman–Crippen MR) is 86.2 cm³/mol. The van der Waals surface area contributed by atoms with Crippen molar-refractivity contribution in [2.45, 2.75) is 25.3 Å². The quantitative estimate of drug-likeness (QED) is 0.668. The molecule has 0 aromatic heterocycles. The van der Waals surface area contributed by atoms with E-state index in [2.05, 4.69) is 10.6 Å². The molecule has 0 aliphatic carbocycles. The van der Waals surface area contributed by atoms with Gasteiger partial charge >= 0.3 is 0 Å². The molecule has 7 heteroatoms. The fourth-order valence-electron chi connectivity index (χ4n) is 2.34. The Balaban J connectivity index is 1.74. The summed E-state index contributed by atoms with van der Waals surface area (Å²) < 4.78 is 10.8. The zero-order chi connectivity index (χ0) is 16.7. The molecule has 2 rings (SSSR count). The van der Waals surface area contributed by atoms with Gasteiger partial charge in [-0.05, 0) is 25.0 Å². The van der Waals surface area contributed by atoms with Crippen LogP contribution in [0.25, 0.3) is 0 Å². The lowest BCUT2D eigenvalue weighted by atomic mass is 9.90. The summed E-state index contributed by atoms with van der Waals surface area (Å²) in [6.45, 7) is 3.15. The zero-order valence-electron chi connectivity index (χ0n) is 13.3. The average molecular weight is 321 g/mol. The number of rotatable bonds is 6. The third kappa shape index (κ3) is 5.22. The van der Waals surface area contributed by atoms with E-state index in [9.17, 15) is 9.59 Å². The van der Waals surface area contributed by atoms with Gasteiger partial charge in [0.15, 0.2) is 0 Å². The van der Waals surface area contributed by atoms with Crippen molar-refractivity contribution in [3.8, 4) is 5.75 Å². The van der Waals surface area contributed by atoms with E-state index in [1.807, 2.05) is 0 Å². The number of carbonyl (C=O) groups is 2. The summed E-state index contributed by atoms with van der Waals surface area (Å²) >= 11 is 0.